The molecular formula is C32H45N5O2. The molecule has 2 fully saturated rings. The fourth-order valence-electron chi connectivity index (χ4n) is 6.30. The van der Waals surface area contributed by atoms with E-state index < -0.39 is 6.04 Å². The highest BCUT2D eigenvalue weighted by molar-refractivity contribution is 5.95. The zero-order valence-corrected chi connectivity index (χ0v) is 23.1. The fourth-order valence-corrected chi connectivity index (χ4v) is 6.30. The Balaban J connectivity index is 1.48. The van der Waals surface area contributed by atoms with Crippen LogP contribution in [0.4, 0.5) is 0 Å². The van der Waals surface area contributed by atoms with Gasteiger partial charge in [0.2, 0.25) is 11.8 Å². The summed E-state index contributed by atoms with van der Waals surface area (Å²) in [6.07, 6.45) is 11.7. The lowest BCUT2D eigenvalue weighted by Gasteiger charge is -2.34. The Labute approximate surface area is 233 Å². The number of benzene rings is 2. The monoisotopic (exact) mass is 531 g/mol. The third-order valence-electron chi connectivity index (χ3n) is 8.70. The van der Waals surface area contributed by atoms with Crippen LogP contribution >= 0.6 is 0 Å². The van der Waals surface area contributed by atoms with Crippen LogP contribution in [0.5, 0.6) is 0 Å². The molecule has 0 heterocycles. The van der Waals surface area contributed by atoms with E-state index in [0.717, 1.165) is 68.1 Å². The molecule has 7 heteroatoms. The number of carbonyl (C=O) groups excluding carboxylic acids is 2. The summed E-state index contributed by atoms with van der Waals surface area (Å²) >= 11 is 0. The fraction of sp³-hybridized carbons (Fsp3) is 0.531. The summed E-state index contributed by atoms with van der Waals surface area (Å²) in [5.74, 6) is 0.267. The molecule has 2 saturated carbocycles. The van der Waals surface area contributed by atoms with Crippen LogP contribution in [-0.2, 0) is 29.1 Å². The van der Waals surface area contributed by atoms with Crippen molar-refractivity contribution in [3.05, 3.63) is 70.8 Å². The van der Waals surface area contributed by atoms with Gasteiger partial charge in [-0.1, -0.05) is 87.1 Å². The van der Waals surface area contributed by atoms with Crippen molar-refractivity contribution in [1.82, 2.24) is 10.6 Å². The number of nitrogen functional groups attached to an aromatic ring is 1. The van der Waals surface area contributed by atoms with Crippen molar-refractivity contribution < 1.29 is 9.59 Å². The van der Waals surface area contributed by atoms with Crippen molar-refractivity contribution >= 4 is 17.6 Å². The molecule has 0 unspecified atom stereocenters. The van der Waals surface area contributed by atoms with Crippen molar-refractivity contribution in [2.24, 2.45) is 29.2 Å². The SMILES string of the molecule is N=C(N)c1ccc(CNC(=O)[C@@H](NC(=O)[C@H](Cc2ccc(CN)cc2)C2CCCCC2)C2CCCCC2)cc1. The number of carbonyl (C=O) groups is 2. The first-order valence-electron chi connectivity index (χ1n) is 14.7. The first kappa shape index (κ1) is 28.8. The molecule has 39 heavy (non-hydrogen) atoms. The van der Waals surface area contributed by atoms with Gasteiger partial charge >= 0.3 is 0 Å². The highest BCUT2D eigenvalue weighted by atomic mass is 16.2. The van der Waals surface area contributed by atoms with Crippen LogP contribution in [0.2, 0.25) is 0 Å². The molecule has 0 aromatic heterocycles. The Morgan fingerprint density at radius 2 is 1.31 bits per heavy atom. The van der Waals surface area contributed by atoms with E-state index in [2.05, 4.69) is 22.8 Å². The van der Waals surface area contributed by atoms with Gasteiger partial charge in [0.15, 0.2) is 0 Å². The first-order valence-corrected chi connectivity index (χ1v) is 14.7. The van der Waals surface area contributed by atoms with Crippen LogP contribution in [0.15, 0.2) is 48.5 Å². The second-order valence-electron chi connectivity index (χ2n) is 11.4. The molecule has 2 amide bonds. The number of rotatable bonds is 11. The van der Waals surface area contributed by atoms with Crippen LogP contribution in [0.25, 0.3) is 0 Å². The van der Waals surface area contributed by atoms with Gasteiger partial charge in [0.25, 0.3) is 0 Å². The molecule has 0 radical (unpaired) electrons. The summed E-state index contributed by atoms with van der Waals surface area (Å²) in [7, 11) is 0. The third-order valence-corrected chi connectivity index (χ3v) is 8.70. The normalized spacial score (nSPS) is 18.2. The number of nitrogens with two attached hydrogens (primary N) is 2. The lowest BCUT2D eigenvalue weighted by Crippen LogP contribution is -2.53. The van der Waals surface area contributed by atoms with Gasteiger partial charge in [0.1, 0.15) is 11.9 Å². The second kappa shape index (κ2) is 14.3. The molecule has 0 spiro atoms. The molecule has 210 valence electrons. The van der Waals surface area contributed by atoms with Crippen molar-refractivity contribution in [3.8, 4) is 0 Å². The van der Waals surface area contributed by atoms with Gasteiger partial charge in [-0.25, -0.2) is 0 Å². The van der Waals surface area contributed by atoms with Crippen LogP contribution in [0.1, 0.15) is 86.5 Å². The van der Waals surface area contributed by atoms with Crippen molar-refractivity contribution in [3.63, 3.8) is 0 Å². The zero-order valence-electron chi connectivity index (χ0n) is 23.1. The van der Waals surface area contributed by atoms with E-state index in [-0.39, 0.29) is 29.5 Å². The van der Waals surface area contributed by atoms with Crippen LogP contribution < -0.4 is 22.1 Å². The van der Waals surface area contributed by atoms with Crippen molar-refractivity contribution in [1.29, 1.82) is 5.41 Å². The molecule has 2 aliphatic carbocycles. The van der Waals surface area contributed by atoms with Crippen LogP contribution in [-0.4, -0.2) is 23.7 Å². The molecule has 0 saturated heterocycles. The molecule has 7 N–H and O–H groups in total. The molecular weight excluding hydrogens is 486 g/mol. The second-order valence-corrected chi connectivity index (χ2v) is 11.4. The largest absolute Gasteiger partial charge is 0.384 e. The number of hydrogen-bond acceptors (Lipinski definition) is 4. The molecule has 2 aromatic carbocycles. The maximum absolute atomic E-state index is 14.0. The van der Waals surface area contributed by atoms with E-state index in [1.165, 1.54) is 12.8 Å². The molecule has 0 aliphatic heterocycles. The van der Waals surface area contributed by atoms with Gasteiger partial charge in [0, 0.05) is 24.6 Å². The highest BCUT2D eigenvalue weighted by Crippen LogP contribution is 2.33. The quantitative estimate of drug-likeness (QED) is 0.215. The Morgan fingerprint density at radius 3 is 1.87 bits per heavy atom. The summed E-state index contributed by atoms with van der Waals surface area (Å²) in [5.41, 5.74) is 15.2. The van der Waals surface area contributed by atoms with Crippen molar-refractivity contribution in [2.45, 2.75) is 89.8 Å². The molecule has 2 aromatic rings. The predicted octanol–water partition coefficient (Wildman–Crippen LogP) is 4.55. The average molecular weight is 532 g/mol. The first-order chi connectivity index (χ1) is 18.9. The average Bonchev–Trinajstić information content (AvgIpc) is 2.98. The topological polar surface area (TPSA) is 134 Å². The summed E-state index contributed by atoms with van der Waals surface area (Å²) in [5, 5.41) is 13.9. The number of hydrogen-bond donors (Lipinski definition) is 5. The van der Waals surface area contributed by atoms with Gasteiger partial charge in [-0.15, -0.1) is 0 Å². The summed E-state index contributed by atoms with van der Waals surface area (Å²) in [6.45, 7) is 0.877. The van der Waals surface area contributed by atoms with E-state index >= 15 is 0 Å². The smallest absolute Gasteiger partial charge is 0.243 e. The molecule has 4 rings (SSSR count). The molecule has 2 atom stereocenters. The number of amides is 2. The maximum atomic E-state index is 14.0. The Morgan fingerprint density at radius 1 is 0.769 bits per heavy atom. The molecule has 2 aliphatic rings. The highest BCUT2D eigenvalue weighted by Gasteiger charge is 2.35. The molecule has 7 nitrogen and oxygen atoms in total. The van der Waals surface area contributed by atoms with Crippen molar-refractivity contribution in [2.75, 3.05) is 0 Å². The van der Waals surface area contributed by atoms with Gasteiger partial charge < -0.3 is 22.1 Å². The van der Waals surface area contributed by atoms with E-state index in [1.54, 1.807) is 12.1 Å². The number of amidine groups is 1. The lowest BCUT2D eigenvalue weighted by atomic mass is 9.76. The van der Waals surface area contributed by atoms with Crippen LogP contribution in [0, 0.1) is 23.2 Å². The summed E-state index contributed by atoms with van der Waals surface area (Å²) in [6, 6.07) is 15.1. The Kier molecular flexibility index (Phi) is 10.5. The number of nitrogens with one attached hydrogen (secondary N) is 3. The standard InChI is InChI=1S/C32H45N5O2/c33-20-23-13-11-22(12-14-23)19-28(25-7-3-1-4-8-25)31(38)37-29(26-9-5-2-6-10-26)32(39)36-21-24-15-17-27(18-16-24)30(34)35/h11-18,25-26,28-29H,1-10,19-21,33H2,(H3,34,35)(H,36,39)(H,37,38)/t28-,29+/m1/s1. The van der Waals surface area contributed by atoms with Gasteiger partial charge in [-0.2, -0.15) is 0 Å². The van der Waals surface area contributed by atoms with Gasteiger partial charge in [0.05, 0.1) is 0 Å². The van der Waals surface area contributed by atoms with Gasteiger partial charge in [-0.05, 0) is 60.6 Å². The van der Waals surface area contributed by atoms with E-state index in [9.17, 15) is 9.59 Å². The maximum Gasteiger partial charge on any atom is 0.243 e. The van der Waals surface area contributed by atoms with E-state index in [1.807, 2.05) is 24.3 Å². The van der Waals surface area contributed by atoms with Gasteiger partial charge in [-0.3, -0.25) is 15.0 Å². The lowest BCUT2D eigenvalue weighted by molar-refractivity contribution is -0.134. The summed E-state index contributed by atoms with van der Waals surface area (Å²) in [4.78, 5) is 27.5. The van der Waals surface area contributed by atoms with E-state index in [4.69, 9.17) is 16.9 Å². The Hall–Kier alpha value is -3.19. The molecule has 0 bridgehead atoms. The minimum Gasteiger partial charge on any atom is -0.384 e. The zero-order chi connectivity index (χ0) is 27.6. The predicted molar refractivity (Wildman–Crippen MR) is 156 cm³/mol. The Bertz CT molecular complexity index is 1090. The minimum absolute atomic E-state index is 0.0151. The summed E-state index contributed by atoms with van der Waals surface area (Å²) < 4.78 is 0. The van der Waals surface area contributed by atoms with E-state index in [0.29, 0.717) is 31.0 Å². The minimum atomic E-state index is -0.528. The third kappa shape index (κ3) is 8.15. The van der Waals surface area contributed by atoms with Crippen LogP contribution in [0.3, 0.4) is 0 Å².